The molecule has 1 aromatic rings. The van der Waals surface area contributed by atoms with E-state index in [0.717, 1.165) is 0 Å². The van der Waals surface area contributed by atoms with Crippen molar-refractivity contribution in [3.63, 3.8) is 0 Å². The summed E-state index contributed by atoms with van der Waals surface area (Å²) in [4.78, 5) is -0.985. The second-order valence-electron chi connectivity index (χ2n) is 10.9. The van der Waals surface area contributed by atoms with E-state index in [2.05, 4.69) is 9.46 Å². The molecule has 280 valence electrons. The first-order valence-electron chi connectivity index (χ1n) is 12.2. The van der Waals surface area contributed by atoms with E-state index in [1.165, 1.54) is 6.92 Å². The van der Waals surface area contributed by atoms with Crippen molar-refractivity contribution in [3.8, 4) is 5.75 Å². The number of nitrogens with one attached hydrogen (secondary N) is 1. The molecule has 0 saturated heterocycles. The number of hydrogen-bond acceptors (Lipinski definition) is 3. The zero-order valence-electron chi connectivity index (χ0n) is 24.2. The van der Waals surface area contributed by atoms with Crippen LogP contribution in [0.2, 0.25) is 0 Å². The molecule has 0 bridgehead atoms. The minimum Gasteiger partial charge on any atom is -0.452 e. The molecule has 48 heavy (non-hydrogen) atoms. The molecule has 0 aromatic heterocycles. The Balaban J connectivity index is 4.32. The molecule has 0 spiro atoms. The maximum Gasteiger partial charge on any atom is 0.454 e. The molecule has 0 aliphatic carbocycles. The van der Waals surface area contributed by atoms with E-state index < -0.39 is 92.2 Å². The van der Waals surface area contributed by atoms with Gasteiger partial charge in [0.1, 0.15) is 17.4 Å². The van der Waals surface area contributed by atoms with E-state index in [1.807, 2.05) is 0 Å². The van der Waals surface area contributed by atoms with Crippen molar-refractivity contribution in [1.82, 2.24) is 4.72 Å². The average molecular weight is 767 g/mol. The van der Waals surface area contributed by atoms with Crippen LogP contribution in [0.15, 0.2) is 40.5 Å². The standard InChI is InChI=1S/C23H22F19N2O3S/c1-10(11(2)44(3,4)5)43-48(45,46)13-8-6-12(7-9-13)47-15(18(27,28)29)14(17(24,25)26)16(21(34,35)36,19(30,31)22(37,38)39)20(32,33)23(40,41)42/h6-11,43H,1-5H3/q+1/b15-14+. The van der Waals surface area contributed by atoms with E-state index in [9.17, 15) is 91.8 Å². The Morgan fingerprint density at radius 1 is 0.646 bits per heavy atom. The molecule has 0 heterocycles. The van der Waals surface area contributed by atoms with Crippen LogP contribution in [0.5, 0.6) is 5.75 Å². The van der Waals surface area contributed by atoms with Gasteiger partial charge in [-0.2, -0.15) is 83.4 Å². The van der Waals surface area contributed by atoms with Crippen LogP contribution in [0.4, 0.5) is 83.4 Å². The molecule has 0 aliphatic rings. The molecule has 0 radical (unpaired) electrons. The minimum absolute atomic E-state index is 0.130. The lowest BCUT2D eigenvalue weighted by Crippen LogP contribution is -2.73. The summed E-state index contributed by atoms with van der Waals surface area (Å²) in [5.74, 6) is -24.9. The van der Waals surface area contributed by atoms with Gasteiger partial charge in [0, 0.05) is 0 Å². The van der Waals surface area contributed by atoms with E-state index in [1.54, 1.807) is 28.1 Å². The third-order valence-electron chi connectivity index (χ3n) is 6.86. The topological polar surface area (TPSA) is 55.4 Å². The van der Waals surface area contributed by atoms with Crippen LogP contribution in [0.25, 0.3) is 0 Å². The number of ether oxygens (including phenoxy) is 1. The molecule has 25 heteroatoms. The van der Waals surface area contributed by atoms with Gasteiger partial charge in [0.25, 0.3) is 0 Å². The number of likely N-dealkylation sites (N-methyl/N-ethyl adjacent to an activating group) is 1. The Morgan fingerprint density at radius 3 is 1.29 bits per heavy atom. The molecule has 2 unspecified atom stereocenters. The summed E-state index contributed by atoms with van der Waals surface area (Å²) in [6, 6.07) is -1.47. The fraction of sp³-hybridized carbons (Fsp3) is 0.652. The Hall–Kier alpha value is -2.70. The molecule has 1 N–H and O–H groups in total. The van der Waals surface area contributed by atoms with Crippen LogP contribution in [-0.2, 0) is 10.0 Å². The van der Waals surface area contributed by atoms with Gasteiger partial charge in [-0.05, 0) is 38.1 Å². The SMILES string of the molecule is CC(NS(=O)(=O)c1ccc(O/C(=C(/C(F)(F)F)C(C(F)(F)F)(C(F)(F)C(F)(F)F)C(F)(F)C(F)(F)F)C(F)(F)F)cc1)C(C)[N+](C)(C)C. The normalized spacial score (nSPS) is 17.2. The van der Waals surface area contributed by atoms with Gasteiger partial charge in [0.2, 0.25) is 21.2 Å². The molecular formula is C23H22F19N2O3S+. The summed E-state index contributed by atoms with van der Waals surface area (Å²) in [6.45, 7) is 2.86. The summed E-state index contributed by atoms with van der Waals surface area (Å²) in [5, 5.41) is 0. The van der Waals surface area contributed by atoms with Gasteiger partial charge in [0.05, 0.1) is 32.1 Å². The quantitative estimate of drug-likeness (QED) is 0.149. The van der Waals surface area contributed by atoms with Gasteiger partial charge in [0.15, 0.2) is 0 Å². The van der Waals surface area contributed by atoms with Crippen molar-refractivity contribution in [3.05, 3.63) is 35.6 Å². The lowest BCUT2D eigenvalue weighted by atomic mass is 9.66. The number of nitrogens with zero attached hydrogens (tertiary/aromatic N) is 1. The summed E-state index contributed by atoms with van der Waals surface area (Å²) in [5.41, 5.74) is -15.0. The Morgan fingerprint density at radius 2 is 1.02 bits per heavy atom. The molecule has 0 aliphatic heterocycles. The van der Waals surface area contributed by atoms with Crippen molar-refractivity contribution in [1.29, 1.82) is 0 Å². The molecular weight excluding hydrogens is 745 g/mol. The largest absolute Gasteiger partial charge is 0.454 e. The number of rotatable bonds is 10. The van der Waals surface area contributed by atoms with E-state index in [0.29, 0.717) is 0 Å². The highest BCUT2D eigenvalue weighted by Gasteiger charge is 2.96. The monoisotopic (exact) mass is 767 g/mol. The van der Waals surface area contributed by atoms with Gasteiger partial charge < -0.3 is 9.22 Å². The molecule has 0 saturated carbocycles. The number of alkyl halides is 19. The highest BCUT2D eigenvalue weighted by molar-refractivity contribution is 7.89. The molecule has 0 fully saturated rings. The maximum atomic E-state index is 14.4. The number of sulfonamides is 1. The third-order valence-corrected chi connectivity index (χ3v) is 8.44. The number of benzene rings is 1. The summed E-state index contributed by atoms with van der Waals surface area (Å²) < 4.78 is 293. The van der Waals surface area contributed by atoms with E-state index in [-0.39, 0.29) is 28.7 Å². The number of hydrogen-bond donors (Lipinski definition) is 1. The lowest BCUT2D eigenvalue weighted by molar-refractivity contribution is -0.895. The Kier molecular flexibility index (Phi) is 11.3. The van der Waals surface area contributed by atoms with Crippen molar-refractivity contribution in [2.75, 3.05) is 21.1 Å². The van der Waals surface area contributed by atoms with Gasteiger partial charge in [-0.3, -0.25) is 0 Å². The van der Waals surface area contributed by atoms with Crippen molar-refractivity contribution in [2.24, 2.45) is 5.41 Å². The predicted molar refractivity (Wildman–Crippen MR) is 124 cm³/mol. The second kappa shape index (κ2) is 12.6. The first-order valence-corrected chi connectivity index (χ1v) is 13.7. The zero-order valence-corrected chi connectivity index (χ0v) is 25.0. The van der Waals surface area contributed by atoms with Crippen LogP contribution >= 0.6 is 0 Å². The number of halogens is 19. The third kappa shape index (κ3) is 7.86. The highest BCUT2D eigenvalue weighted by Crippen LogP contribution is 2.72. The Bertz CT molecular complexity index is 1400. The smallest absolute Gasteiger partial charge is 0.452 e. The molecule has 1 aromatic carbocycles. The predicted octanol–water partition coefficient (Wildman–Crippen LogP) is 8.15. The zero-order chi connectivity index (χ0) is 38.7. The lowest BCUT2D eigenvalue weighted by Gasteiger charge is -2.48. The first kappa shape index (κ1) is 43.3. The fourth-order valence-electron chi connectivity index (χ4n) is 4.08. The molecule has 2 atom stereocenters. The maximum absolute atomic E-state index is 14.4. The molecule has 1 rings (SSSR count). The first-order chi connectivity index (χ1) is 20.7. The number of allylic oxidation sites excluding steroid dienone is 2. The van der Waals surface area contributed by atoms with Crippen LogP contribution in [-0.4, -0.2) is 88.9 Å². The van der Waals surface area contributed by atoms with Crippen LogP contribution < -0.4 is 9.46 Å². The van der Waals surface area contributed by atoms with Gasteiger partial charge >= 0.3 is 42.7 Å². The minimum atomic E-state index is -9.14. The number of quaternary nitrogens is 1. The van der Waals surface area contributed by atoms with E-state index >= 15 is 0 Å². The second-order valence-corrected chi connectivity index (χ2v) is 12.6. The van der Waals surface area contributed by atoms with Crippen molar-refractivity contribution >= 4 is 10.0 Å². The molecule has 0 amide bonds. The van der Waals surface area contributed by atoms with E-state index in [4.69, 9.17) is 0 Å². The summed E-state index contributed by atoms with van der Waals surface area (Å²) in [6.07, 6.45) is -41.4. The Labute approximate surface area is 257 Å². The average Bonchev–Trinajstić information content (AvgIpc) is 2.81. The van der Waals surface area contributed by atoms with Crippen LogP contribution in [0.1, 0.15) is 13.8 Å². The summed E-state index contributed by atoms with van der Waals surface area (Å²) in [7, 11) is 0.130. The highest BCUT2D eigenvalue weighted by atomic mass is 32.2. The van der Waals surface area contributed by atoms with Gasteiger partial charge in [-0.1, -0.05) is 0 Å². The fourth-order valence-corrected chi connectivity index (χ4v) is 5.40. The van der Waals surface area contributed by atoms with Crippen LogP contribution in [0.3, 0.4) is 0 Å². The van der Waals surface area contributed by atoms with Gasteiger partial charge in [-0.15, -0.1) is 0 Å². The van der Waals surface area contributed by atoms with Crippen molar-refractivity contribution < 1.29 is 101 Å². The molecule has 5 nitrogen and oxygen atoms in total. The van der Waals surface area contributed by atoms with Gasteiger partial charge in [-0.25, -0.2) is 13.1 Å². The van der Waals surface area contributed by atoms with Crippen LogP contribution in [0, 0.1) is 5.41 Å². The summed E-state index contributed by atoms with van der Waals surface area (Å²) >= 11 is 0. The van der Waals surface area contributed by atoms with Crippen molar-refractivity contribution in [2.45, 2.75) is 73.6 Å².